The van der Waals surface area contributed by atoms with E-state index in [1.807, 2.05) is 0 Å². The highest BCUT2D eigenvalue weighted by atomic mass is 35.5. The molecule has 0 radical (unpaired) electrons. The number of halogens is 2. The molecule has 0 saturated heterocycles. The lowest BCUT2D eigenvalue weighted by molar-refractivity contribution is -0.145. The number of H-pyrrole nitrogens is 1. The molecule has 0 aliphatic rings. The van der Waals surface area contributed by atoms with E-state index in [0.717, 1.165) is 17.0 Å². The SMILES string of the molecule is CCN(CC(=O)O)C(=O)[C@H](CCCNc1ncc[nH]1)NS(=O)(=O)c1cc(Cl)c(N)c(Cl)c1. The highest BCUT2D eigenvalue weighted by Crippen LogP contribution is 2.30. The summed E-state index contributed by atoms with van der Waals surface area (Å²) in [5.74, 6) is -1.34. The van der Waals surface area contributed by atoms with Crippen LogP contribution >= 0.6 is 23.2 Å². The molecule has 0 spiro atoms. The summed E-state index contributed by atoms with van der Waals surface area (Å²) >= 11 is 11.9. The highest BCUT2D eigenvalue weighted by molar-refractivity contribution is 7.89. The van der Waals surface area contributed by atoms with Crippen LogP contribution in [0.4, 0.5) is 11.6 Å². The summed E-state index contributed by atoms with van der Waals surface area (Å²) < 4.78 is 28.2. The van der Waals surface area contributed by atoms with Gasteiger partial charge in [-0.3, -0.25) is 9.59 Å². The van der Waals surface area contributed by atoms with Crippen molar-refractivity contribution in [3.8, 4) is 0 Å². The second kappa shape index (κ2) is 11.4. The van der Waals surface area contributed by atoms with Crippen molar-refractivity contribution in [3.63, 3.8) is 0 Å². The number of hydrogen-bond acceptors (Lipinski definition) is 7. The van der Waals surface area contributed by atoms with Crippen LogP contribution in [0.2, 0.25) is 10.0 Å². The summed E-state index contributed by atoms with van der Waals surface area (Å²) in [5.41, 5.74) is 5.69. The van der Waals surface area contributed by atoms with Crippen LogP contribution in [0.15, 0.2) is 29.4 Å². The Bertz CT molecular complexity index is 1030. The number of nitrogens with two attached hydrogens (primary N) is 1. The average Bonchev–Trinajstić information content (AvgIpc) is 3.24. The van der Waals surface area contributed by atoms with Crippen LogP contribution in [-0.4, -0.2) is 65.9 Å². The van der Waals surface area contributed by atoms with Crippen molar-refractivity contribution in [1.29, 1.82) is 0 Å². The Balaban J connectivity index is 2.21. The highest BCUT2D eigenvalue weighted by Gasteiger charge is 2.30. The number of aromatic nitrogens is 2. The van der Waals surface area contributed by atoms with Gasteiger partial charge in [0, 0.05) is 25.5 Å². The van der Waals surface area contributed by atoms with E-state index < -0.39 is 34.5 Å². The van der Waals surface area contributed by atoms with Crippen LogP contribution in [0.5, 0.6) is 0 Å². The van der Waals surface area contributed by atoms with Crippen molar-refractivity contribution in [1.82, 2.24) is 19.6 Å². The molecule has 1 aromatic heterocycles. The molecule has 0 aliphatic heterocycles. The number of aliphatic carboxylic acids is 1. The number of imidazole rings is 1. The number of sulfonamides is 1. The van der Waals surface area contributed by atoms with Gasteiger partial charge in [0.05, 0.1) is 20.6 Å². The number of nitrogens with zero attached hydrogens (tertiary/aromatic N) is 2. The lowest BCUT2D eigenvalue weighted by atomic mass is 10.1. The zero-order valence-electron chi connectivity index (χ0n) is 17.1. The van der Waals surface area contributed by atoms with E-state index in [1.54, 1.807) is 19.3 Å². The topological polar surface area (TPSA) is 171 Å². The zero-order chi connectivity index (χ0) is 23.9. The third-order valence-electron chi connectivity index (χ3n) is 4.44. The molecule has 11 nitrogen and oxygen atoms in total. The Morgan fingerprint density at radius 1 is 1.31 bits per heavy atom. The molecule has 176 valence electrons. The van der Waals surface area contributed by atoms with E-state index in [0.29, 0.717) is 18.9 Å². The average molecular weight is 507 g/mol. The molecule has 0 bridgehead atoms. The number of nitrogen functional groups attached to an aromatic ring is 1. The van der Waals surface area contributed by atoms with E-state index in [9.17, 15) is 18.0 Å². The minimum Gasteiger partial charge on any atom is -0.480 e. The van der Waals surface area contributed by atoms with E-state index in [1.165, 1.54) is 0 Å². The number of aromatic amines is 1. The van der Waals surface area contributed by atoms with Crippen LogP contribution < -0.4 is 15.8 Å². The molecule has 2 aromatic rings. The Morgan fingerprint density at radius 2 is 1.97 bits per heavy atom. The van der Waals surface area contributed by atoms with Gasteiger partial charge in [-0.1, -0.05) is 23.2 Å². The normalized spacial score (nSPS) is 12.3. The van der Waals surface area contributed by atoms with Gasteiger partial charge in [0.15, 0.2) is 5.95 Å². The number of carboxylic acids is 1. The third-order valence-corrected chi connectivity index (χ3v) is 6.51. The first-order valence-corrected chi connectivity index (χ1v) is 11.8. The summed E-state index contributed by atoms with van der Waals surface area (Å²) in [6.45, 7) is 1.53. The van der Waals surface area contributed by atoms with Gasteiger partial charge in [-0.05, 0) is 31.9 Å². The lowest BCUT2D eigenvalue weighted by Crippen LogP contribution is -2.49. The third kappa shape index (κ3) is 6.99. The molecular formula is C18H24Cl2N6O5S. The molecule has 2 rings (SSSR count). The lowest BCUT2D eigenvalue weighted by Gasteiger charge is -2.25. The second-order valence-electron chi connectivity index (χ2n) is 6.73. The second-order valence-corrected chi connectivity index (χ2v) is 9.26. The molecule has 0 fully saturated rings. The predicted molar refractivity (Wildman–Crippen MR) is 121 cm³/mol. The maximum absolute atomic E-state index is 13.0. The van der Waals surface area contributed by atoms with E-state index in [-0.39, 0.29) is 33.6 Å². The van der Waals surface area contributed by atoms with Crippen molar-refractivity contribution < 1.29 is 23.1 Å². The van der Waals surface area contributed by atoms with Crippen molar-refractivity contribution in [3.05, 3.63) is 34.6 Å². The molecule has 1 amide bonds. The fourth-order valence-corrected chi connectivity index (χ4v) is 4.70. The number of carboxylic acid groups (broad SMARTS) is 1. The molecule has 1 aromatic carbocycles. The minimum atomic E-state index is -4.23. The van der Waals surface area contributed by atoms with Crippen LogP contribution in [0.25, 0.3) is 0 Å². The van der Waals surface area contributed by atoms with Crippen LogP contribution in [-0.2, 0) is 19.6 Å². The first-order chi connectivity index (χ1) is 15.0. The van der Waals surface area contributed by atoms with E-state index >= 15 is 0 Å². The predicted octanol–water partition coefficient (Wildman–Crippen LogP) is 1.77. The fraction of sp³-hybridized carbons (Fsp3) is 0.389. The Hall–Kier alpha value is -2.54. The molecule has 0 unspecified atom stereocenters. The molecule has 0 saturated carbocycles. The summed E-state index contributed by atoms with van der Waals surface area (Å²) in [5, 5.41) is 12.0. The Kier molecular flexibility index (Phi) is 9.13. The molecule has 1 atom stereocenters. The van der Waals surface area contributed by atoms with Crippen molar-refractivity contribution in [2.45, 2.75) is 30.7 Å². The number of rotatable bonds is 12. The summed E-state index contributed by atoms with van der Waals surface area (Å²) in [6, 6.07) is 1.03. The molecule has 1 heterocycles. The summed E-state index contributed by atoms with van der Waals surface area (Å²) in [7, 11) is -4.23. The Morgan fingerprint density at radius 3 is 2.50 bits per heavy atom. The van der Waals surface area contributed by atoms with E-state index in [4.69, 9.17) is 34.0 Å². The number of anilines is 2. The number of amides is 1. The maximum atomic E-state index is 13.0. The van der Waals surface area contributed by atoms with Crippen molar-refractivity contribution in [2.75, 3.05) is 30.7 Å². The van der Waals surface area contributed by atoms with E-state index in [2.05, 4.69) is 20.0 Å². The van der Waals surface area contributed by atoms with Gasteiger partial charge in [0.1, 0.15) is 12.6 Å². The first kappa shape index (κ1) is 25.7. The van der Waals surface area contributed by atoms with Crippen molar-refractivity contribution in [2.24, 2.45) is 0 Å². The molecular weight excluding hydrogens is 483 g/mol. The molecule has 6 N–H and O–H groups in total. The van der Waals surface area contributed by atoms with Gasteiger partial charge in [0.25, 0.3) is 0 Å². The molecule has 14 heteroatoms. The van der Waals surface area contributed by atoms with Gasteiger partial charge >= 0.3 is 5.97 Å². The standard InChI is InChI=1S/C18H24Cl2N6O5S/c1-2-26(10-15(27)28)17(29)14(4-3-5-22-18-23-6-7-24-18)25-32(30,31)11-8-12(19)16(21)13(20)9-11/h6-9,14,25H,2-5,10,21H2,1H3,(H,27,28)(H2,22,23,24)/t14-/m0/s1. The van der Waals surface area contributed by atoms with Crippen LogP contribution in [0.1, 0.15) is 19.8 Å². The molecule has 32 heavy (non-hydrogen) atoms. The number of carbonyl (C=O) groups is 2. The fourth-order valence-electron chi connectivity index (χ4n) is 2.81. The number of hydrogen-bond donors (Lipinski definition) is 5. The maximum Gasteiger partial charge on any atom is 0.323 e. The van der Waals surface area contributed by atoms with Gasteiger partial charge in [-0.2, -0.15) is 4.72 Å². The quantitative estimate of drug-likeness (QED) is 0.214. The van der Waals surface area contributed by atoms with Gasteiger partial charge in [-0.25, -0.2) is 13.4 Å². The summed E-state index contributed by atoms with van der Waals surface area (Å²) in [4.78, 5) is 31.7. The monoisotopic (exact) mass is 506 g/mol. The smallest absolute Gasteiger partial charge is 0.323 e. The van der Waals surface area contributed by atoms with Crippen LogP contribution in [0.3, 0.4) is 0 Å². The first-order valence-electron chi connectivity index (χ1n) is 9.55. The van der Waals surface area contributed by atoms with Crippen LogP contribution in [0, 0.1) is 0 Å². The zero-order valence-corrected chi connectivity index (χ0v) is 19.5. The minimum absolute atomic E-state index is 0.0301. The van der Waals surface area contributed by atoms with Gasteiger partial charge < -0.3 is 26.0 Å². The number of benzene rings is 1. The number of nitrogens with one attached hydrogen (secondary N) is 3. The molecule has 0 aliphatic carbocycles. The Labute approximate surface area is 195 Å². The number of likely N-dealkylation sites (N-methyl/N-ethyl adjacent to an activating group) is 1. The van der Waals surface area contributed by atoms with Gasteiger partial charge in [-0.15, -0.1) is 0 Å². The summed E-state index contributed by atoms with van der Waals surface area (Å²) in [6.07, 6.45) is 3.68. The van der Waals surface area contributed by atoms with Crippen molar-refractivity contribution >= 4 is 56.7 Å². The number of carbonyl (C=O) groups excluding carboxylic acids is 1. The van der Waals surface area contributed by atoms with Gasteiger partial charge in [0.2, 0.25) is 15.9 Å². The largest absolute Gasteiger partial charge is 0.480 e.